The van der Waals surface area contributed by atoms with Crippen molar-refractivity contribution in [2.24, 2.45) is 0 Å². The fourth-order valence-electron chi connectivity index (χ4n) is 3.45. The lowest BCUT2D eigenvalue weighted by Crippen LogP contribution is -2.18. The summed E-state index contributed by atoms with van der Waals surface area (Å²) in [6.07, 6.45) is 13.8. The summed E-state index contributed by atoms with van der Waals surface area (Å²) in [6, 6.07) is 3.32. The van der Waals surface area contributed by atoms with E-state index in [0.29, 0.717) is 16.5 Å². The van der Waals surface area contributed by atoms with Gasteiger partial charge in [-0.3, -0.25) is 15.1 Å². The second-order valence-corrected chi connectivity index (χ2v) is 8.59. The van der Waals surface area contributed by atoms with Crippen LogP contribution < -0.4 is 5.32 Å². The van der Waals surface area contributed by atoms with Crippen LogP contribution in [-0.2, 0) is 9.47 Å². The molecule has 8 heteroatoms. The van der Waals surface area contributed by atoms with Gasteiger partial charge in [0.15, 0.2) is 5.13 Å². The number of nitrogens with one attached hydrogen (secondary N) is 1. The van der Waals surface area contributed by atoms with Gasteiger partial charge in [0.2, 0.25) is 0 Å². The number of thiazole rings is 1. The fourth-order valence-corrected chi connectivity index (χ4v) is 4.65. The Hall–Kier alpha value is -2.74. The minimum Gasteiger partial charge on any atom is -0.458 e. The maximum absolute atomic E-state index is 12.3. The van der Waals surface area contributed by atoms with E-state index in [1.54, 1.807) is 31.6 Å². The van der Waals surface area contributed by atoms with Gasteiger partial charge in [0.05, 0.1) is 17.2 Å². The van der Waals surface area contributed by atoms with Crippen molar-refractivity contribution in [3.63, 3.8) is 0 Å². The van der Waals surface area contributed by atoms with E-state index < -0.39 is 0 Å². The summed E-state index contributed by atoms with van der Waals surface area (Å²) in [5, 5.41) is 4.98. The third kappa shape index (κ3) is 5.12. The number of halogens is 1. The molecule has 2 heterocycles. The van der Waals surface area contributed by atoms with E-state index in [-0.39, 0.29) is 23.3 Å². The highest BCUT2D eigenvalue weighted by Crippen LogP contribution is 2.38. The molecule has 31 heavy (non-hydrogen) atoms. The van der Waals surface area contributed by atoms with E-state index >= 15 is 0 Å². The van der Waals surface area contributed by atoms with Crippen molar-refractivity contribution in [1.29, 1.82) is 0 Å². The second-order valence-electron chi connectivity index (χ2n) is 7.22. The summed E-state index contributed by atoms with van der Waals surface area (Å²) >= 11 is 8.07. The van der Waals surface area contributed by atoms with Crippen LogP contribution in [0.2, 0.25) is 0 Å². The summed E-state index contributed by atoms with van der Waals surface area (Å²) in [6.45, 7) is 2.01. The summed E-state index contributed by atoms with van der Waals surface area (Å²) in [5.74, 6) is 1.18. The number of allylic oxidation sites excluding steroid dienone is 4. The number of amides is 1. The van der Waals surface area contributed by atoms with Crippen molar-refractivity contribution in [3.8, 4) is 0 Å². The number of alkyl halides is 1. The average Bonchev–Trinajstić information content (AvgIpc) is 3.22. The van der Waals surface area contributed by atoms with Crippen LogP contribution in [0.1, 0.15) is 35.3 Å². The predicted octanol–water partition coefficient (Wildman–Crippen LogP) is 5.20. The summed E-state index contributed by atoms with van der Waals surface area (Å²) < 4.78 is 11.3. The van der Waals surface area contributed by atoms with E-state index in [1.165, 1.54) is 11.3 Å². The number of anilines is 1. The van der Waals surface area contributed by atoms with Gasteiger partial charge in [0.1, 0.15) is 11.5 Å². The van der Waals surface area contributed by atoms with Gasteiger partial charge in [-0.25, -0.2) is 4.98 Å². The minimum absolute atomic E-state index is 0.0908. The number of ether oxygens (including phenoxy) is 2. The molecule has 0 fully saturated rings. The first-order valence-electron chi connectivity index (χ1n) is 9.83. The first-order valence-corrected chi connectivity index (χ1v) is 11.1. The Bertz CT molecular complexity index is 1070. The highest BCUT2D eigenvalue weighted by atomic mass is 35.5. The van der Waals surface area contributed by atoms with Crippen molar-refractivity contribution >= 4 is 34.0 Å². The number of hydrogen-bond acceptors (Lipinski definition) is 6. The van der Waals surface area contributed by atoms with Crippen molar-refractivity contribution in [3.05, 3.63) is 88.6 Å². The van der Waals surface area contributed by atoms with E-state index in [1.807, 2.05) is 42.7 Å². The Kier molecular flexibility index (Phi) is 6.65. The molecule has 0 spiro atoms. The van der Waals surface area contributed by atoms with Crippen LogP contribution in [0.15, 0.2) is 77.4 Å². The average molecular weight is 456 g/mol. The number of rotatable bonds is 6. The number of carbonyl (C=O) groups excluding carboxylic acids is 1. The smallest absolute Gasteiger partial charge is 0.257 e. The second kappa shape index (κ2) is 9.60. The molecule has 3 unspecified atom stereocenters. The topological polar surface area (TPSA) is 73.3 Å². The first kappa shape index (κ1) is 21.5. The number of hydrogen-bond donors (Lipinski definition) is 1. The first-order chi connectivity index (χ1) is 15.0. The molecule has 6 nitrogen and oxygen atoms in total. The molecule has 0 aliphatic heterocycles. The van der Waals surface area contributed by atoms with Crippen LogP contribution in [0.25, 0.3) is 0 Å². The normalized spacial score (nSPS) is 22.9. The largest absolute Gasteiger partial charge is 0.458 e. The zero-order chi connectivity index (χ0) is 21.8. The van der Waals surface area contributed by atoms with Gasteiger partial charge in [0, 0.05) is 36.4 Å². The van der Waals surface area contributed by atoms with Crippen LogP contribution in [0.5, 0.6) is 0 Å². The molecular weight excluding hydrogens is 434 g/mol. The molecule has 0 saturated heterocycles. The molecule has 2 aliphatic rings. The highest BCUT2D eigenvalue weighted by molar-refractivity contribution is 7.14. The third-order valence-corrected chi connectivity index (χ3v) is 6.22. The van der Waals surface area contributed by atoms with Crippen molar-refractivity contribution in [2.45, 2.75) is 30.7 Å². The number of methoxy groups -OCH3 is 1. The van der Waals surface area contributed by atoms with Crippen LogP contribution in [0, 0.1) is 0 Å². The van der Waals surface area contributed by atoms with Gasteiger partial charge in [-0.05, 0) is 49.8 Å². The molecule has 160 valence electrons. The monoisotopic (exact) mass is 455 g/mol. The molecule has 2 aromatic rings. The van der Waals surface area contributed by atoms with Crippen LogP contribution in [0.4, 0.5) is 5.13 Å². The molecule has 0 bridgehead atoms. The molecule has 1 amide bonds. The van der Waals surface area contributed by atoms with E-state index in [0.717, 1.165) is 23.4 Å². The van der Waals surface area contributed by atoms with Crippen LogP contribution >= 0.6 is 22.9 Å². The minimum atomic E-state index is -0.314. The van der Waals surface area contributed by atoms with Gasteiger partial charge >= 0.3 is 0 Å². The lowest BCUT2D eigenvalue weighted by Gasteiger charge is -2.25. The van der Waals surface area contributed by atoms with Gasteiger partial charge in [0.25, 0.3) is 5.91 Å². The number of carbonyl (C=O) groups is 1. The van der Waals surface area contributed by atoms with Crippen molar-refractivity contribution in [1.82, 2.24) is 9.97 Å². The van der Waals surface area contributed by atoms with E-state index in [9.17, 15) is 4.79 Å². The number of nitrogens with zero attached hydrogens (tertiary/aromatic N) is 2. The molecule has 0 radical (unpaired) electrons. The SMILES string of the molecule is COC1C=CC(OC2=CC(Cl)C(c3csc(NC(=O)c4ccncc4)n3)C(C)=C2)=CC1. The zero-order valence-corrected chi connectivity index (χ0v) is 18.7. The third-order valence-electron chi connectivity index (χ3n) is 5.07. The Labute approximate surface area is 190 Å². The molecule has 1 N–H and O–H groups in total. The van der Waals surface area contributed by atoms with Gasteiger partial charge in [-0.2, -0.15) is 0 Å². The Morgan fingerprint density at radius 2 is 2.10 bits per heavy atom. The molecule has 2 aliphatic carbocycles. The molecule has 3 atom stereocenters. The van der Waals surface area contributed by atoms with Crippen LogP contribution in [0.3, 0.4) is 0 Å². The molecule has 0 aromatic carbocycles. The summed E-state index contributed by atoms with van der Waals surface area (Å²) in [4.78, 5) is 20.9. The predicted molar refractivity (Wildman–Crippen MR) is 122 cm³/mol. The maximum atomic E-state index is 12.3. The lowest BCUT2D eigenvalue weighted by molar-refractivity contribution is 0.102. The molecule has 0 saturated carbocycles. The quantitative estimate of drug-likeness (QED) is 0.606. The van der Waals surface area contributed by atoms with Gasteiger partial charge in [-0.1, -0.05) is 11.6 Å². The summed E-state index contributed by atoms with van der Waals surface area (Å²) in [7, 11) is 1.69. The Morgan fingerprint density at radius 3 is 2.77 bits per heavy atom. The van der Waals surface area contributed by atoms with Crippen molar-refractivity contribution < 1.29 is 14.3 Å². The summed E-state index contributed by atoms with van der Waals surface area (Å²) in [5.41, 5.74) is 2.40. The lowest BCUT2D eigenvalue weighted by atomic mass is 9.89. The Morgan fingerprint density at radius 1 is 1.29 bits per heavy atom. The standard InChI is InChI=1S/C23H22ClN3O3S/c1-14-11-18(30-17-5-3-16(29-2)4-6-17)12-19(24)21(14)20-13-31-23(26-20)27-22(28)15-7-9-25-10-8-15/h3,5-13,16,19,21H,4H2,1-2H3,(H,26,27,28). The van der Waals surface area contributed by atoms with Crippen molar-refractivity contribution in [2.75, 3.05) is 12.4 Å². The number of pyridine rings is 1. The molecular formula is C23H22ClN3O3S. The van der Waals surface area contributed by atoms with Crippen LogP contribution in [-0.4, -0.2) is 34.5 Å². The van der Waals surface area contributed by atoms with Gasteiger partial charge in [-0.15, -0.1) is 22.9 Å². The van der Waals surface area contributed by atoms with E-state index in [2.05, 4.69) is 15.3 Å². The van der Waals surface area contributed by atoms with Gasteiger partial charge < -0.3 is 9.47 Å². The number of aromatic nitrogens is 2. The zero-order valence-electron chi connectivity index (χ0n) is 17.1. The highest BCUT2D eigenvalue weighted by Gasteiger charge is 2.28. The Balaban J connectivity index is 1.42. The molecule has 4 rings (SSSR count). The van der Waals surface area contributed by atoms with E-state index in [4.69, 9.17) is 21.1 Å². The maximum Gasteiger partial charge on any atom is 0.257 e. The molecule has 2 aromatic heterocycles. The fraction of sp³-hybridized carbons (Fsp3) is 0.261.